The van der Waals surface area contributed by atoms with Crippen molar-refractivity contribution in [2.24, 2.45) is 0 Å². The highest BCUT2D eigenvalue weighted by molar-refractivity contribution is 7.99. The summed E-state index contributed by atoms with van der Waals surface area (Å²) in [6.07, 6.45) is 0.970. The van der Waals surface area contributed by atoms with Gasteiger partial charge in [-0.25, -0.2) is 0 Å². The molecule has 0 bridgehead atoms. The van der Waals surface area contributed by atoms with E-state index in [0.29, 0.717) is 0 Å². The maximum Gasteiger partial charge on any atom is 0.0717 e. The lowest BCUT2D eigenvalue weighted by atomic mass is 10.1. The third-order valence-electron chi connectivity index (χ3n) is 1.20. The lowest BCUT2D eigenvalue weighted by molar-refractivity contribution is 0.0889. The zero-order valence-corrected chi connectivity index (χ0v) is 5.29. The summed E-state index contributed by atoms with van der Waals surface area (Å²) >= 11 is 1.83. The zero-order valence-electron chi connectivity index (χ0n) is 4.48. The van der Waals surface area contributed by atoms with E-state index in [0.717, 1.165) is 17.9 Å². The van der Waals surface area contributed by atoms with Gasteiger partial charge in [-0.2, -0.15) is 11.8 Å². The van der Waals surface area contributed by atoms with Crippen molar-refractivity contribution in [3.63, 3.8) is 0 Å². The molecule has 1 saturated heterocycles. The van der Waals surface area contributed by atoms with E-state index < -0.39 is 0 Å². The van der Waals surface area contributed by atoms with Gasteiger partial charge in [0.25, 0.3) is 0 Å². The molecule has 1 rings (SSSR count). The molecule has 1 nitrogen and oxygen atoms in total. The summed E-state index contributed by atoms with van der Waals surface area (Å²) in [5.74, 6) is 2.06. The largest absolute Gasteiger partial charge is 0.389 e. The van der Waals surface area contributed by atoms with Gasteiger partial charge in [0.1, 0.15) is 0 Å². The molecule has 0 aromatic carbocycles. The summed E-state index contributed by atoms with van der Waals surface area (Å²) in [6, 6.07) is 0. The summed E-state index contributed by atoms with van der Waals surface area (Å²) in [4.78, 5) is 0. The summed E-state index contributed by atoms with van der Waals surface area (Å²) in [7, 11) is 0. The molecule has 0 aromatic heterocycles. The van der Waals surface area contributed by atoms with Crippen molar-refractivity contribution < 1.29 is 5.11 Å². The average Bonchev–Trinajstić information content (AvgIpc) is 1.84. The molecule has 1 heterocycles. The first-order valence-corrected chi connectivity index (χ1v) is 3.66. The van der Waals surface area contributed by atoms with Gasteiger partial charge in [-0.3, -0.25) is 0 Å². The number of hydrogen-bond acceptors (Lipinski definition) is 2. The van der Waals surface area contributed by atoms with E-state index in [1.807, 2.05) is 18.7 Å². The van der Waals surface area contributed by atoms with Crippen molar-refractivity contribution in [2.45, 2.75) is 18.9 Å². The van der Waals surface area contributed by atoms with Crippen LogP contribution >= 0.6 is 11.8 Å². The van der Waals surface area contributed by atoms with Crippen molar-refractivity contribution in [2.75, 3.05) is 11.5 Å². The minimum Gasteiger partial charge on any atom is -0.389 e. The Bertz CT molecular complexity index is 62.5. The second kappa shape index (κ2) is 1.67. The van der Waals surface area contributed by atoms with Crippen LogP contribution in [0.3, 0.4) is 0 Å². The smallest absolute Gasteiger partial charge is 0.0717 e. The molecule has 7 heavy (non-hydrogen) atoms. The molecular weight excluding hydrogens is 108 g/mol. The average molecular weight is 118 g/mol. The highest BCUT2D eigenvalue weighted by Crippen LogP contribution is 2.26. The highest BCUT2D eigenvalue weighted by atomic mass is 32.2. The van der Waals surface area contributed by atoms with Crippen molar-refractivity contribution in [3.8, 4) is 0 Å². The van der Waals surface area contributed by atoms with E-state index in [4.69, 9.17) is 0 Å². The quantitative estimate of drug-likeness (QED) is 0.509. The van der Waals surface area contributed by atoms with Gasteiger partial charge in [-0.05, 0) is 19.1 Å². The molecule has 1 aliphatic heterocycles. The van der Waals surface area contributed by atoms with E-state index >= 15 is 0 Å². The van der Waals surface area contributed by atoms with Crippen LogP contribution in [0.1, 0.15) is 13.3 Å². The van der Waals surface area contributed by atoms with Crippen LogP contribution in [-0.4, -0.2) is 22.2 Å². The van der Waals surface area contributed by atoms with Gasteiger partial charge in [0, 0.05) is 5.75 Å². The Morgan fingerprint density at radius 3 is 2.57 bits per heavy atom. The SMILES string of the molecule is C[C@@]1(O)CCSC1. The maximum absolute atomic E-state index is 9.17. The molecule has 42 valence electrons. The predicted octanol–water partition coefficient (Wildman–Crippen LogP) is 0.874. The van der Waals surface area contributed by atoms with Crippen molar-refractivity contribution >= 4 is 11.8 Å². The monoisotopic (exact) mass is 118 g/mol. The van der Waals surface area contributed by atoms with E-state index in [1.165, 1.54) is 0 Å². The first-order valence-electron chi connectivity index (χ1n) is 2.51. The van der Waals surface area contributed by atoms with Crippen LogP contribution in [0.5, 0.6) is 0 Å². The third-order valence-corrected chi connectivity index (χ3v) is 2.52. The van der Waals surface area contributed by atoms with Crippen molar-refractivity contribution in [3.05, 3.63) is 0 Å². The van der Waals surface area contributed by atoms with Gasteiger partial charge in [-0.1, -0.05) is 0 Å². The van der Waals surface area contributed by atoms with Gasteiger partial charge < -0.3 is 5.11 Å². The van der Waals surface area contributed by atoms with Crippen LogP contribution in [0.4, 0.5) is 0 Å². The highest BCUT2D eigenvalue weighted by Gasteiger charge is 2.24. The molecule has 1 fully saturated rings. The van der Waals surface area contributed by atoms with Gasteiger partial charge in [0.05, 0.1) is 5.60 Å². The van der Waals surface area contributed by atoms with Crippen LogP contribution < -0.4 is 0 Å². The minimum atomic E-state index is -0.343. The molecule has 1 aliphatic rings. The van der Waals surface area contributed by atoms with E-state index in [9.17, 15) is 5.11 Å². The van der Waals surface area contributed by atoms with Crippen LogP contribution in [0.25, 0.3) is 0 Å². The first kappa shape index (κ1) is 5.45. The molecule has 0 aliphatic carbocycles. The van der Waals surface area contributed by atoms with E-state index in [-0.39, 0.29) is 5.60 Å². The van der Waals surface area contributed by atoms with Gasteiger partial charge in [-0.15, -0.1) is 0 Å². The maximum atomic E-state index is 9.17. The molecule has 0 amide bonds. The van der Waals surface area contributed by atoms with Crippen LogP contribution in [-0.2, 0) is 0 Å². The predicted molar refractivity (Wildman–Crippen MR) is 32.6 cm³/mol. The van der Waals surface area contributed by atoms with Crippen LogP contribution in [0, 0.1) is 0 Å². The Morgan fingerprint density at radius 2 is 2.43 bits per heavy atom. The summed E-state index contributed by atoms with van der Waals surface area (Å²) in [5.41, 5.74) is -0.343. The van der Waals surface area contributed by atoms with Crippen LogP contribution in [0.2, 0.25) is 0 Å². The Labute approximate surface area is 48.1 Å². The standard InChI is InChI=1S/C5H10OS/c1-5(6)2-3-7-4-5/h6H,2-4H2,1H3/t5-/m1/s1. The fourth-order valence-electron chi connectivity index (χ4n) is 0.656. The summed E-state index contributed by atoms with van der Waals surface area (Å²) < 4.78 is 0. The second-order valence-electron chi connectivity index (χ2n) is 2.30. The fourth-order valence-corrected chi connectivity index (χ4v) is 1.97. The molecule has 1 N–H and O–H groups in total. The van der Waals surface area contributed by atoms with Crippen molar-refractivity contribution in [1.29, 1.82) is 0 Å². The number of rotatable bonds is 0. The number of aliphatic hydroxyl groups is 1. The Morgan fingerprint density at radius 1 is 1.71 bits per heavy atom. The van der Waals surface area contributed by atoms with E-state index in [1.54, 1.807) is 0 Å². The summed E-state index contributed by atoms with van der Waals surface area (Å²) in [6.45, 7) is 1.90. The van der Waals surface area contributed by atoms with Crippen molar-refractivity contribution in [1.82, 2.24) is 0 Å². The second-order valence-corrected chi connectivity index (χ2v) is 3.40. The number of thioether (sulfide) groups is 1. The Kier molecular flexibility index (Phi) is 1.30. The molecule has 1 atom stereocenters. The van der Waals surface area contributed by atoms with E-state index in [2.05, 4.69) is 0 Å². The van der Waals surface area contributed by atoms with Crippen LogP contribution in [0.15, 0.2) is 0 Å². The molecule has 2 heteroatoms. The summed E-state index contributed by atoms with van der Waals surface area (Å²) in [5, 5.41) is 9.17. The Hall–Kier alpha value is 0.310. The fraction of sp³-hybridized carbons (Fsp3) is 1.00. The molecular formula is C5H10OS. The molecule has 0 saturated carbocycles. The number of hydrogen-bond donors (Lipinski definition) is 1. The lowest BCUT2D eigenvalue weighted by Crippen LogP contribution is -2.21. The topological polar surface area (TPSA) is 20.2 Å². The first-order chi connectivity index (χ1) is 3.21. The molecule has 0 radical (unpaired) electrons. The van der Waals surface area contributed by atoms with Gasteiger partial charge in [0.2, 0.25) is 0 Å². The normalized spacial score (nSPS) is 42.0. The molecule has 0 spiro atoms. The van der Waals surface area contributed by atoms with Gasteiger partial charge in [0.15, 0.2) is 0 Å². The Balaban J connectivity index is 2.40. The molecule has 0 unspecified atom stereocenters. The minimum absolute atomic E-state index is 0.343. The third kappa shape index (κ3) is 1.35. The van der Waals surface area contributed by atoms with Gasteiger partial charge >= 0.3 is 0 Å². The lowest BCUT2D eigenvalue weighted by Gasteiger charge is -2.11. The zero-order chi connectivity index (χ0) is 5.33. The molecule has 0 aromatic rings.